The summed E-state index contributed by atoms with van der Waals surface area (Å²) in [4.78, 5) is 0. The SMILES string of the molecule is OCC1C[C@@H]2C=C[C@H]1O2. The van der Waals surface area contributed by atoms with Crippen molar-refractivity contribution in [2.24, 2.45) is 5.92 Å². The van der Waals surface area contributed by atoms with E-state index in [0.29, 0.717) is 12.0 Å². The zero-order valence-electron chi connectivity index (χ0n) is 5.16. The molecule has 0 aliphatic carbocycles. The van der Waals surface area contributed by atoms with E-state index >= 15 is 0 Å². The second kappa shape index (κ2) is 1.82. The monoisotopic (exact) mass is 126 g/mol. The summed E-state index contributed by atoms with van der Waals surface area (Å²) in [6, 6.07) is 0. The molecule has 9 heavy (non-hydrogen) atoms. The average molecular weight is 126 g/mol. The highest BCUT2D eigenvalue weighted by Crippen LogP contribution is 2.32. The number of aliphatic hydroxyl groups is 1. The van der Waals surface area contributed by atoms with Crippen LogP contribution < -0.4 is 0 Å². The lowest BCUT2D eigenvalue weighted by Gasteiger charge is -2.10. The van der Waals surface area contributed by atoms with Gasteiger partial charge < -0.3 is 9.84 Å². The molecule has 1 fully saturated rings. The van der Waals surface area contributed by atoms with Gasteiger partial charge in [0.1, 0.15) is 0 Å². The van der Waals surface area contributed by atoms with Gasteiger partial charge in [0.05, 0.1) is 12.2 Å². The molecule has 2 bridgehead atoms. The fraction of sp³-hybridized carbons (Fsp3) is 0.714. The summed E-state index contributed by atoms with van der Waals surface area (Å²) < 4.78 is 5.40. The van der Waals surface area contributed by atoms with Crippen molar-refractivity contribution in [1.82, 2.24) is 0 Å². The van der Waals surface area contributed by atoms with Crippen molar-refractivity contribution < 1.29 is 9.84 Å². The van der Waals surface area contributed by atoms with Gasteiger partial charge in [-0.05, 0) is 6.42 Å². The molecule has 0 aromatic rings. The van der Waals surface area contributed by atoms with Gasteiger partial charge in [0.25, 0.3) is 0 Å². The summed E-state index contributed by atoms with van der Waals surface area (Å²) in [5.74, 6) is 0.375. The van der Waals surface area contributed by atoms with E-state index in [-0.39, 0.29) is 12.7 Å². The molecule has 2 heterocycles. The summed E-state index contributed by atoms with van der Waals surface area (Å²) in [5, 5.41) is 8.77. The molecule has 2 heteroatoms. The predicted molar refractivity (Wildman–Crippen MR) is 33.0 cm³/mol. The fourth-order valence-corrected chi connectivity index (χ4v) is 1.54. The zero-order chi connectivity index (χ0) is 6.27. The van der Waals surface area contributed by atoms with Crippen LogP contribution in [0.15, 0.2) is 12.2 Å². The van der Waals surface area contributed by atoms with Crippen LogP contribution in [0, 0.1) is 5.92 Å². The van der Waals surface area contributed by atoms with Gasteiger partial charge in [-0.2, -0.15) is 0 Å². The van der Waals surface area contributed by atoms with Gasteiger partial charge in [0.15, 0.2) is 0 Å². The minimum atomic E-state index is 0.222. The lowest BCUT2D eigenvalue weighted by Crippen LogP contribution is -2.16. The Hall–Kier alpha value is -0.340. The topological polar surface area (TPSA) is 29.5 Å². The number of rotatable bonds is 1. The van der Waals surface area contributed by atoms with Gasteiger partial charge in [0, 0.05) is 12.5 Å². The van der Waals surface area contributed by atoms with Crippen molar-refractivity contribution in [2.45, 2.75) is 18.6 Å². The molecule has 0 saturated carbocycles. The van der Waals surface area contributed by atoms with Crippen LogP contribution in [0.25, 0.3) is 0 Å². The Kier molecular flexibility index (Phi) is 1.10. The van der Waals surface area contributed by atoms with Crippen LogP contribution in [0.1, 0.15) is 6.42 Å². The second-order valence-electron chi connectivity index (χ2n) is 2.70. The molecule has 0 amide bonds. The van der Waals surface area contributed by atoms with Crippen LogP contribution in [0.5, 0.6) is 0 Å². The summed E-state index contributed by atoms with van der Waals surface area (Å²) >= 11 is 0. The van der Waals surface area contributed by atoms with E-state index in [1.165, 1.54) is 0 Å². The van der Waals surface area contributed by atoms with E-state index in [9.17, 15) is 0 Å². The first-order valence-corrected chi connectivity index (χ1v) is 3.35. The number of hydrogen-bond acceptors (Lipinski definition) is 2. The third-order valence-corrected chi connectivity index (χ3v) is 2.08. The minimum absolute atomic E-state index is 0.222. The Morgan fingerprint density at radius 1 is 1.56 bits per heavy atom. The molecule has 0 aromatic heterocycles. The van der Waals surface area contributed by atoms with Gasteiger partial charge in [-0.1, -0.05) is 12.2 Å². The quantitative estimate of drug-likeness (QED) is 0.513. The van der Waals surface area contributed by atoms with E-state index < -0.39 is 0 Å². The summed E-state index contributed by atoms with van der Waals surface area (Å²) in [6.45, 7) is 0.269. The summed E-state index contributed by atoms with van der Waals surface area (Å²) in [5.41, 5.74) is 0. The highest BCUT2D eigenvalue weighted by molar-refractivity contribution is 5.10. The Bertz CT molecular complexity index is 142. The molecular formula is C7H10O2. The van der Waals surface area contributed by atoms with E-state index in [2.05, 4.69) is 12.2 Å². The number of ether oxygens (including phenoxy) is 1. The molecule has 1 N–H and O–H groups in total. The van der Waals surface area contributed by atoms with Crippen molar-refractivity contribution in [2.75, 3.05) is 6.61 Å². The lowest BCUT2D eigenvalue weighted by molar-refractivity contribution is 0.0949. The Balaban J connectivity index is 2.10. The predicted octanol–water partition coefficient (Wildman–Crippen LogP) is 0.322. The smallest absolute Gasteiger partial charge is 0.0815 e. The van der Waals surface area contributed by atoms with Crippen LogP contribution in [-0.4, -0.2) is 23.9 Å². The third-order valence-electron chi connectivity index (χ3n) is 2.08. The molecule has 2 rings (SSSR count). The molecular weight excluding hydrogens is 116 g/mol. The average Bonchev–Trinajstić information content (AvgIpc) is 2.45. The molecule has 0 spiro atoms. The molecule has 1 saturated heterocycles. The van der Waals surface area contributed by atoms with Crippen LogP contribution in [0.3, 0.4) is 0 Å². The summed E-state index contributed by atoms with van der Waals surface area (Å²) in [7, 11) is 0. The zero-order valence-corrected chi connectivity index (χ0v) is 5.16. The van der Waals surface area contributed by atoms with Crippen LogP contribution >= 0.6 is 0 Å². The molecule has 3 atom stereocenters. The first kappa shape index (κ1) is 5.45. The normalized spacial score (nSPS) is 46.6. The van der Waals surface area contributed by atoms with Crippen molar-refractivity contribution in [1.29, 1.82) is 0 Å². The molecule has 1 unspecified atom stereocenters. The maximum Gasteiger partial charge on any atom is 0.0815 e. The van der Waals surface area contributed by atoms with E-state index in [1.807, 2.05) is 0 Å². The van der Waals surface area contributed by atoms with Gasteiger partial charge in [-0.25, -0.2) is 0 Å². The first-order chi connectivity index (χ1) is 4.40. The number of hydrogen-bond donors (Lipinski definition) is 1. The lowest BCUT2D eigenvalue weighted by atomic mass is 9.95. The van der Waals surface area contributed by atoms with Crippen molar-refractivity contribution in [3.63, 3.8) is 0 Å². The van der Waals surface area contributed by atoms with Crippen LogP contribution in [-0.2, 0) is 4.74 Å². The minimum Gasteiger partial charge on any atom is -0.396 e. The molecule has 2 nitrogen and oxygen atoms in total. The largest absolute Gasteiger partial charge is 0.396 e. The maximum absolute atomic E-state index is 8.77. The Morgan fingerprint density at radius 2 is 2.44 bits per heavy atom. The van der Waals surface area contributed by atoms with Gasteiger partial charge in [0.2, 0.25) is 0 Å². The highest BCUT2D eigenvalue weighted by Gasteiger charge is 2.35. The third kappa shape index (κ3) is 0.705. The van der Waals surface area contributed by atoms with Crippen LogP contribution in [0.2, 0.25) is 0 Å². The molecule has 2 aliphatic rings. The standard InChI is InChI=1S/C7H10O2/c8-4-5-3-6-1-2-7(5)9-6/h1-2,5-8H,3-4H2/t5?,6-,7+/m0/s1. The Morgan fingerprint density at radius 3 is 2.78 bits per heavy atom. The van der Waals surface area contributed by atoms with E-state index in [1.54, 1.807) is 0 Å². The van der Waals surface area contributed by atoms with Gasteiger partial charge in [-0.3, -0.25) is 0 Å². The molecule has 50 valence electrons. The second-order valence-corrected chi connectivity index (χ2v) is 2.70. The van der Waals surface area contributed by atoms with Crippen LogP contribution in [0.4, 0.5) is 0 Å². The van der Waals surface area contributed by atoms with Gasteiger partial charge >= 0.3 is 0 Å². The van der Waals surface area contributed by atoms with Crippen molar-refractivity contribution in [3.05, 3.63) is 12.2 Å². The first-order valence-electron chi connectivity index (χ1n) is 3.35. The van der Waals surface area contributed by atoms with Crippen molar-refractivity contribution >= 4 is 0 Å². The molecule has 0 radical (unpaired) electrons. The van der Waals surface area contributed by atoms with Crippen molar-refractivity contribution in [3.8, 4) is 0 Å². The maximum atomic E-state index is 8.77. The molecule has 2 aliphatic heterocycles. The summed E-state index contributed by atoms with van der Waals surface area (Å²) in [6.07, 6.45) is 5.68. The number of aliphatic hydroxyl groups excluding tert-OH is 1. The molecule has 0 aromatic carbocycles. The van der Waals surface area contributed by atoms with Gasteiger partial charge in [-0.15, -0.1) is 0 Å². The van der Waals surface area contributed by atoms with E-state index in [4.69, 9.17) is 9.84 Å². The van der Waals surface area contributed by atoms with E-state index in [0.717, 1.165) is 6.42 Å². The fourth-order valence-electron chi connectivity index (χ4n) is 1.54. The Labute approximate surface area is 54.1 Å². The highest BCUT2D eigenvalue weighted by atomic mass is 16.5. The number of fused-ring (bicyclic) bond motifs is 2.